The normalized spacial score (nSPS) is 15.8. The molecule has 7 nitrogen and oxygen atoms in total. The van der Waals surface area contributed by atoms with Crippen LogP contribution in [0, 0.1) is 5.92 Å². The minimum absolute atomic E-state index is 0.0535. The van der Waals surface area contributed by atoms with Crippen LogP contribution in [0.4, 0.5) is 5.69 Å². The lowest BCUT2D eigenvalue weighted by molar-refractivity contribution is -0.147. The molecular formula is C19H22N2O5S. The van der Waals surface area contributed by atoms with Crippen LogP contribution >= 0.6 is 0 Å². The first-order valence-electron chi connectivity index (χ1n) is 8.71. The van der Waals surface area contributed by atoms with E-state index in [-0.39, 0.29) is 16.9 Å². The van der Waals surface area contributed by atoms with Crippen LogP contribution in [-0.4, -0.2) is 39.5 Å². The standard InChI is InChI=1S/C19H22N2O5S/c1-12(2)13(3)20-17(22)11-26-18(23)10-21-15-8-4-6-14-7-5-9-16(19(14)15)27(21,24)25/h4-9,12-13H,10-11H2,1-3H3,(H,20,22)/t13-/m0/s1. The number of esters is 1. The zero-order valence-corrected chi connectivity index (χ0v) is 16.2. The highest BCUT2D eigenvalue weighted by Gasteiger charge is 2.37. The fraction of sp³-hybridized carbons (Fsp3) is 0.368. The number of rotatable bonds is 6. The molecule has 1 amide bonds. The molecule has 0 fully saturated rings. The van der Waals surface area contributed by atoms with Gasteiger partial charge in [0.15, 0.2) is 6.61 Å². The van der Waals surface area contributed by atoms with Crippen molar-refractivity contribution in [3.63, 3.8) is 0 Å². The Morgan fingerprint density at radius 2 is 1.78 bits per heavy atom. The number of anilines is 1. The summed E-state index contributed by atoms with van der Waals surface area (Å²) in [6.45, 7) is 4.87. The van der Waals surface area contributed by atoms with Gasteiger partial charge < -0.3 is 10.1 Å². The third-order valence-corrected chi connectivity index (χ3v) is 6.51. The molecule has 0 aliphatic carbocycles. The average Bonchev–Trinajstić information content (AvgIpc) is 2.83. The predicted molar refractivity (Wildman–Crippen MR) is 102 cm³/mol. The maximum Gasteiger partial charge on any atom is 0.327 e. The van der Waals surface area contributed by atoms with Crippen molar-refractivity contribution in [2.24, 2.45) is 5.92 Å². The Balaban J connectivity index is 1.71. The number of ether oxygens (including phenoxy) is 1. The van der Waals surface area contributed by atoms with Gasteiger partial charge in [0.1, 0.15) is 6.54 Å². The van der Waals surface area contributed by atoms with Crippen molar-refractivity contribution < 1.29 is 22.7 Å². The van der Waals surface area contributed by atoms with E-state index in [0.29, 0.717) is 11.1 Å². The number of nitrogens with one attached hydrogen (secondary N) is 1. The van der Waals surface area contributed by atoms with Gasteiger partial charge in [0.25, 0.3) is 15.9 Å². The van der Waals surface area contributed by atoms with Crippen molar-refractivity contribution in [3.8, 4) is 0 Å². The van der Waals surface area contributed by atoms with Crippen LogP contribution in [0.25, 0.3) is 10.8 Å². The van der Waals surface area contributed by atoms with Gasteiger partial charge in [-0.15, -0.1) is 0 Å². The van der Waals surface area contributed by atoms with Gasteiger partial charge in [-0.1, -0.05) is 38.1 Å². The van der Waals surface area contributed by atoms with E-state index in [1.807, 2.05) is 32.9 Å². The summed E-state index contributed by atoms with van der Waals surface area (Å²) >= 11 is 0. The zero-order chi connectivity index (χ0) is 19.8. The van der Waals surface area contributed by atoms with Crippen LogP contribution in [-0.2, 0) is 24.3 Å². The van der Waals surface area contributed by atoms with Crippen LogP contribution in [0.5, 0.6) is 0 Å². The smallest absolute Gasteiger partial charge is 0.327 e. The van der Waals surface area contributed by atoms with Crippen LogP contribution in [0.2, 0.25) is 0 Å². The second-order valence-electron chi connectivity index (χ2n) is 6.90. The fourth-order valence-corrected chi connectivity index (χ4v) is 4.55. The lowest BCUT2D eigenvalue weighted by Gasteiger charge is -2.19. The lowest BCUT2D eigenvalue weighted by atomic mass is 10.1. The first-order chi connectivity index (χ1) is 12.7. The Morgan fingerprint density at radius 3 is 2.44 bits per heavy atom. The Bertz CT molecular complexity index is 995. The molecule has 0 radical (unpaired) electrons. The summed E-state index contributed by atoms with van der Waals surface area (Å²) in [5.74, 6) is -0.951. The maximum atomic E-state index is 12.8. The van der Waals surface area contributed by atoms with E-state index in [9.17, 15) is 18.0 Å². The van der Waals surface area contributed by atoms with Gasteiger partial charge in [0.2, 0.25) is 0 Å². The quantitative estimate of drug-likeness (QED) is 0.762. The largest absolute Gasteiger partial charge is 0.454 e. The van der Waals surface area contributed by atoms with Crippen LogP contribution in [0.1, 0.15) is 20.8 Å². The molecule has 144 valence electrons. The maximum absolute atomic E-state index is 12.8. The van der Waals surface area contributed by atoms with Crippen molar-refractivity contribution in [2.75, 3.05) is 17.5 Å². The van der Waals surface area contributed by atoms with Crippen LogP contribution < -0.4 is 9.62 Å². The molecule has 0 aromatic heterocycles. The molecule has 2 aromatic rings. The second-order valence-corrected chi connectivity index (χ2v) is 8.73. The molecule has 0 bridgehead atoms. The summed E-state index contributed by atoms with van der Waals surface area (Å²) in [5.41, 5.74) is 0.443. The lowest BCUT2D eigenvalue weighted by Crippen LogP contribution is -2.40. The first kappa shape index (κ1) is 19.2. The van der Waals surface area contributed by atoms with E-state index in [1.54, 1.807) is 18.2 Å². The number of hydrogen-bond donors (Lipinski definition) is 1. The summed E-state index contributed by atoms with van der Waals surface area (Å²) in [5, 5.41) is 4.10. The molecule has 1 N–H and O–H groups in total. The second kappa shape index (κ2) is 7.19. The molecule has 1 atom stereocenters. The summed E-state index contributed by atoms with van der Waals surface area (Å²) in [4.78, 5) is 24.2. The highest BCUT2D eigenvalue weighted by Crippen LogP contribution is 2.41. The molecule has 1 heterocycles. The van der Waals surface area contributed by atoms with E-state index < -0.39 is 35.1 Å². The first-order valence-corrected chi connectivity index (χ1v) is 10.2. The molecule has 0 saturated heterocycles. The highest BCUT2D eigenvalue weighted by atomic mass is 32.2. The minimum Gasteiger partial charge on any atom is -0.454 e. The third kappa shape index (κ3) is 3.62. The Labute approximate surface area is 158 Å². The van der Waals surface area contributed by atoms with Gasteiger partial charge in [-0.25, -0.2) is 8.42 Å². The molecule has 2 aromatic carbocycles. The van der Waals surface area contributed by atoms with Gasteiger partial charge in [0.05, 0.1) is 10.6 Å². The molecule has 0 unspecified atom stereocenters. The van der Waals surface area contributed by atoms with E-state index in [1.165, 1.54) is 6.07 Å². The molecule has 1 aliphatic rings. The monoisotopic (exact) mass is 390 g/mol. The number of carbonyl (C=O) groups excluding carboxylic acids is 2. The van der Waals surface area contributed by atoms with E-state index in [0.717, 1.165) is 9.69 Å². The fourth-order valence-electron chi connectivity index (χ4n) is 2.90. The van der Waals surface area contributed by atoms with Crippen LogP contribution in [0.15, 0.2) is 41.3 Å². The summed E-state index contributed by atoms with van der Waals surface area (Å²) < 4.78 is 31.6. The number of benzene rings is 2. The summed E-state index contributed by atoms with van der Waals surface area (Å²) in [6, 6.07) is 10.2. The predicted octanol–water partition coefficient (Wildman–Crippen LogP) is 2.05. The number of carbonyl (C=O) groups is 2. The molecule has 1 aliphatic heterocycles. The van der Waals surface area contributed by atoms with Crippen molar-refractivity contribution in [1.29, 1.82) is 0 Å². The van der Waals surface area contributed by atoms with E-state index in [4.69, 9.17) is 4.74 Å². The van der Waals surface area contributed by atoms with Gasteiger partial charge >= 0.3 is 5.97 Å². The number of amides is 1. The summed E-state index contributed by atoms with van der Waals surface area (Å²) in [6.07, 6.45) is 0. The summed E-state index contributed by atoms with van der Waals surface area (Å²) in [7, 11) is -3.83. The van der Waals surface area contributed by atoms with Gasteiger partial charge in [-0.3, -0.25) is 13.9 Å². The Kier molecular flexibility index (Phi) is 5.10. The van der Waals surface area contributed by atoms with Crippen LogP contribution in [0.3, 0.4) is 0 Å². The van der Waals surface area contributed by atoms with Crippen molar-refractivity contribution in [2.45, 2.75) is 31.7 Å². The molecule has 0 spiro atoms. The topological polar surface area (TPSA) is 92.8 Å². The number of sulfonamides is 1. The number of nitrogens with zero attached hydrogens (tertiary/aromatic N) is 1. The van der Waals surface area contributed by atoms with Crippen molar-refractivity contribution in [3.05, 3.63) is 36.4 Å². The van der Waals surface area contributed by atoms with Gasteiger partial charge in [-0.05, 0) is 30.4 Å². The minimum atomic E-state index is -3.83. The molecule has 8 heteroatoms. The molecule has 3 rings (SSSR count). The SMILES string of the molecule is CC(C)[C@H](C)NC(=O)COC(=O)CN1c2cccc3cccc(c23)S1(=O)=O. The van der Waals surface area contributed by atoms with E-state index >= 15 is 0 Å². The van der Waals surface area contributed by atoms with Gasteiger partial charge in [-0.2, -0.15) is 0 Å². The highest BCUT2D eigenvalue weighted by molar-refractivity contribution is 7.93. The molecule has 27 heavy (non-hydrogen) atoms. The van der Waals surface area contributed by atoms with Crippen molar-refractivity contribution >= 4 is 38.4 Å². The van der Waals surface area contributed by atoms with E-state index in [2.05, 4.69) is 5.32 Å². The molecular weight excluding hydrogens is 368 g/mol. The average molecular weight is 390 g/mol. The third-order valence-electron chi connectivity index (χ3n) is 4.71. The zero-order valence-electron chi connectivity index (χ0n) is 15.4. The van der Waals surface area contributed by atoms with Crippen molar-refractivity contribution in [1.82, 2.24) is 5.32 Å². The Hall–Kier alpha value is -2.61. The Morgan fingerprint density at radius 1 is 1.11 bits per heavy atom. The number of hydrogen-bond acceptors (Lipinski definition) is 5. The van der Waals surface area contributed by atoms with Gasteiger partial charge in [0, 0.05) is 11.4 Å². The molecule has 0 saturated carbocycles.